The van der Waals surface area contributed by atoms with Gasteiger partial charge in [0.2, 0.25) is 5.95 Å². The molecular weight excluding hydrogens is 475 g/mol. The van der Waals surface area contributed by atoms with Crippen LogP contribution >= 0.6 is 0 Å². The van der Waals surface area contributed by atoms with Crippen molar-refractivity contribution in [2.24, 2.45) is 0 Å². The van der Waals surface area contributed by atoms with E-state index in [2.05, 4.69) is 15.0 Å². The Bertz CT molecular complexity index is 1240. The average Bonchev–Trinajstić information content (AvgIpc) is 3.33. The Kier molecular flexibility index (Phi) is 6.35. The molecule has 1 atom stereocenters. The summed E-state index contributed by atoms with van der Waals surface area (Å²) in [7, 11) is 0. The zero-order chi connectivity index (χ0) is 25.3. The van der Waals surface area contributed by atoms with Crippen molar-refractivity contribution in [1.82, 2.24) is 15.0 Å². The Morgan fingerprint density at radius 2 is 1.72 bits per heavy atom. The molecule has 2 aliphatic rings. The molecule has 36 heavy (non-hydrogen) atoms. The number of aromatic nitrogens is 3. The van der Waals surface area contributed by atoms with Gasteiger partial charge in [0, 0.05) is 49.7 Å². The van der Waals surface area contributed by atoms with Crippen LogP contribution in [0.1, 0.15) is 5.56 Å². The van der Waals surface area contributed by atoms with E-state index in [0.29, 0.717) is 45.2 Å². The fourth-order valence-corrected chi connectivity index (χ4v) is 4.47. The van der Waals surface area contributed by atoms with Crippen molar-refractivity contribution in [1.29, 1.82) is 0 Å². The number of pyridine rings is 1. The molecule has 188 valence electrons. The lowest BCUT2D eigenvalue weighted by molar-refractivity contribution is -0.137. The number of rotatable bonds is 5. The Hall–Kier alpha value is -3.93. The lowest BCUT2D eigenvalue weighted by Gasteiger charge is -2.30. The molecule has 5 rings (SSSR count). The number of hydrogen-bond acceptors (Lipinski definition) is 9. The van der Waals surface area contributed by atoms with E-state index >= 15 is 0 Å². The first-order valence-electron chi connectivity index (χ1n) is 11.4. The van der Waals surface area contributed by atoms with Gasteiger partial charge < -0.3 is 25.2 Å². The Balaban J connectivity index is 1.61. The normalized spacial score (nSPS) is 18.5. The van der Waals surface area contributed by atoms with Crippen LogP contribution in [0.25, 0.3) is 11.3 Å². The molecule has 9 nitrogen and oxygen atoms in total. The number of hydrogen-bond donors (Lipinski definition) is 1. The van der Waals surface area contributed by atoms with Gasteiger partial charge in [0.1, 0.15) is 11.6 Å². The minimum absolute atomic E-state index is 0.0455. The minimum atomic E-state index is -4.67. The second-order valence-corrected chi connectivity index (χ2v) is 8.44. The Labute approximate surface area is 205 Å². The number of alkyl halides is 3. The molecule has 4 heterocycles. The van der Waals surface area contributed by atoms with Crippen LogP contribution in [0.5, 0.6) is 0 Å². The number of benzene rings is 1. The smallest absolute Gasteiger partial charge is 0.384 e. The molecule has 0 amide bonds. The molecule has 2 fully saturated rings. The van der Waals surface area contributed by atoms with Crippen LogP contribution in [0.15, 0.2) is 48.7 Å². The fourth-order valence-electron chi connectivity index (χ4n) is 4.47. The van der Waals surface area contributed by atoms with Crippen LogP contribution in [0.3, 0.4) is 0 Å². The Morgan fingerprint density at radius 1 is 1.00 bits per heavy atom. The van der Waals surface area contributed by atoms with Crippen LogP contribution in [0, 0.1) is 0 Å². The van der Waals surface area contributed by atoms with Crippen LogP contribution in [-0.2, 0) is 15.7 Å². The standard InChI is InChI=1S/C24H24F3N7O2/c25-24(26,27)18-12-20(28)29-14-17(18)19-13-21(31-23(30-19)32-8-10-36-11-9-32)34-7-6-33(22(34)15-35)16-4-2-1-3-5-16/h1-5,12-15,22H,6-11H2,(H2,28,29). The SMILES string of the molecule is Nc1cc(C(F)(F)F)c(-c2cc(N3CCN(c4ccccc4)C3C=O)nc(N3CCOCC3)n2)cn1. The molecule has 12 heteroatoms. The number of ether oxygens (including phenoxy) is 1. The van der Waals surface area contributed by atoms with Gasteiger partial charge >= 0.3 is 6.18 Å². The molecule has 0 spiro atoms. The van der Waals surface area contributed by atoms with Crippen LogP contribution in [0.4, 0.5) is 36.4 Å². The first kappa shape index (κ1) is 23.8. The predicted octanol–water partition coefficient (Wildman–Crippen LogP) is 2.83. The van der Waals surface area contributed by atoms with Crippen molar-refractivity contribution in [3.05, 3.63) is 54.2 Å². The molecule has 1 aromatic carbocycles. The van der Waals surface area contributed by atoms with E-state index < -0.39 is 17.9 Å². The quantitative estimate of drug-likeness (QED) is 0.531. The molecule has 1 unspecified atom stereocenters. The Morgan fingerprint density at radius 3 is 2.42 bits per heavy atom. The van der Waals surface area contributed by atoms with Gasteiger partial charge in [-0.1, -0.05) is 18.2 Å². The van der Waals surface area contributed by atoms with Gasteiger partial charge in [-0.15, -0.1) is 0 Å². The summed E-state index contributed by atoms with van der Waals surface area (Å²) in [6.07, 6.45) is -3.47. The summed E-state index contributed by atoms with van der Waals surface area (Å²) >= 11 is 0. The summed E-state index contributed by atoms with van der Waals surface area (Å²) in [6.45, 7) is 2.86. The summed E-state index contributed by atoms with van der Waals surface area (Å²) in [6, 6.07) is 11.7. The van der Waals surface area contributed by atoms with E-state index in [-0.39, 0.29) is 23.0 Å². The lowest BCUT2D eigenvalue weighted by atomic mass is 10.1. The molecule has 2 saturated heterocycles. The van der Waals surface area contributed by atoms with Crippen molar-refractivity contribution in [3.8, 4) is 11.3 Å². The van der Waals surface area contributed by atoms with Crippen molar-refractivity contribution in [2.75, 3.05) is 59.8 Å². The average molecular weight is 499 g/mol. The fraction of sp³-hybridized carbons (Fsp3) is 0.333. The topological polar surface area (TPSA) is 101 Å². The zero-order valence-corrected chi connectivity index (χ0v) is 19.2. The monoisotopic (exact) mass is 499 g/mol. The van der Waals surface area contributed by atoms with Crippen molar-refractivity contribution in [2.45, 2.75) is 12.3 Å². The number of carbonyl (C=O) groups is 1. The van der Waals surface area contributed by atoms with Crippen molar-refractivity contribution in [3.63, 3.8) is 0 Å². The number of anilines is 4. The third-order valence-corrected chi connectivity index (χ3v) is 6.23. The maximum atomic E-state index is 13.9. The number of morpholine rings is 1. The summed E-state index contributed by atoms with van der Waals surface area (Å²) in [5.74, 6) is 0.369. The summed E-state index contributed by atoms with van der Waals surface area (Å²) in [5, 5.41) is 0. The number of nitrogen functional groups attached to an aromatic ring is 1. The highest BCUT2D eigenvalue weighted by atomic mass is 19.4. The van der Waals surface area contributed by atoms with E-state index in [1.54, 1.807) is 4.90 Å². The van der Waals surface area contributed by atoms with E-state index in [1.807, 2.05) is 40.1 Å². The highest BCUT2D eigenvalue weighted by Gasteiger charge is 2.37. The summed E-state index contributed by atoms with van der Waals surface area (Å²) in [4.78, 5) is 30.8. The molecular formula is C24H24F3N7O2. The van der Waals surface area contributed by atoms with E-state index in [0.717, 1.165) is 24.2 Å². The molecule has 0 aliphatic carbocycles. The minimum Gasteiger partial charge on any atom is -0.384 e. The number of carbonyl (C=O) groups excluding carboxylic acids is 1. The molecule has 2 N–H and O–H groups in total. The van der Waals surface area contributed by atoms with Crippen molar-refractivity contribution < 1.29 is 22.7 Å². The second-order valence-electron chi connectivity index (χ2n) is 8.44. The third kappa shape index (κ3) is 4.63. The van der Waals surface area contributed by atoms with Crippen LogP contribution in [0.2, 0.25) is 0 Å². The van der Waals surface area contributed by atoms with Gasteiger partial charge in [0.25, 0.3) is 0 Å². The summed E-state index contributed by atoms with van der Waals surface area (Å²) < 4.78 is 47.1. The van der Waals surface area contributed by atoms with Gasteiger partial charge in [-0.3, -0.25) is 4.79 Å². The maximum absolute atomic E-state index is 13.9. The van der Waals surface area contributed by atoms with Crippen LogP contribution in [-0.4, -0.2) is 66.8 Å². The number of aldehydes is 1. The lowest BCUT2D eigenvalue weighted by Crippen LogP contribution is -2.41. The number of halogens is 3. The van der Waals surface area contributed by atoms with Gasteiger partial charge in [0.15, 0.2) is 12.5 Å². The van der Waals surface area contributed by atoms with Gasteiger partial charge in [-0.05, 0) is 18.2 Å². The van der Waals surface area contributed by atoms with E-state index in [1.165, 1.54) is 6.07 Å². The molecule has 0 saturated carbocycles. The van der Waals surface area contributed by atoms with Gasteiger partial charge in [-0.2, -0.15) is 18.2 Å². The molecule has 3 aromatic rings. The summed E-state index contributed by atoms with van der Waals surface area (Å²) in [5.41, 5.74) is 5.33. The zero-order valence-electron chi connectivity index (χ0n) is 19.2. The van der Waals surface area contributed by atoms with Gasteiger partial charge in [-0.25, -0.2) is 9.97 Å². The van der Waals surface area contributed by atoms with Gasteiger partial charge in [0.05, 0.1) is 24.5 Å². The van der Waals surface area contributed by atoms with Crippen LogP contribution < -0.4 is 20.4 Å². The number of nitrogens with zero attached hydrogens (tertiary/aromatic N) is 6. The van der Waals surface area contributed by atoms with Crippen molar-refractivity contribution >= 4 is 29.6 Å². The number of para-hydroxylation sites is 1. The van der Waals surface area contributed by atoms with E-state index in [4.69, 9.17) is 10.5 Å². The second kappa shape index (κ2) is 9.61. The number of nitrogens with two attached hydrogens (primary N) is 1. The predicted molar refractivity (Wildman–Crippen MR) is 129 cm³/mol. The first-order valence-corrected chi connectivity index (χ1v) is 11.4. The molecule has 2 aromatic heterocycles. The third-order valence-electron chi connectivity index (χ3n) is 6.23. The highest BCUT2D eigenvalue weighted by Crippen LogP contribution is 2.38. The maximum Gasteiger partial charge on any atom is 0.417 e. The largest absolute Gasteiger partial charge is 0.417 e. The molecule has 2 aliphatic heterocycles. The molecule has 0 radical (unpaired) electrons. The highest BCUT2D eigenvalue weighted by molar-refractivity contribution is 5.76. The van der Waals surface area contributed by atoms with E-state index in [9.17, 15) is 18.0 Å². The first-order chi connectivity index (χ1) is 17.3. The molecule has 0 bridgehead atoms.